The third kappa shape index (κ3) is 4.35. The van der Waals surface area contributed by atoms with E-state index < -0.39 is 0 Å². The molecule has 0 aliphatic carbocycles. The maximum absolute atomic E-state index is 11.5. The number of phenolic OH excluding ortho intramolecular Hbond substituents is 2. The summed E-state index contributed by atoms with van der Waals surface area (Å²) in [6, 6.07) is 14.4. The van der Waals surface area contributed by atoms with Crippen molar-refractivity contribution in [3.8, 4) is 11.5 Å². The number of aromatic hydroxyl groups is 2. The fraction of sp³-hybridized carbons (Fsp3) is 0.316. The van der Waals surface area contributed by atoms with Crippen molar-refractivity contribution in [1.82, 2.24) is 0 Å². The van der Waals surface area contributed by atoms with E-state index in [1.807, 2.05) is 31.2 Å². The van der Waals surface area contributed by atoms with Gasteiger partial charge in [-0.25, -0.2) is 0 Å². The lowest BCUT2D eigenvalue weighted by atomic mass is 9.86. The zero-order valence-corrected chi connectivity index (χ0v) is 12.8. The van der Waals surface area contributed by atoms with Crippen molar-refractivity contribution in [2.24, 2.45) is 0 Å². The third-order valence-corrected chi connectivity index (χ3v) is 3.93. The lowest BCUT2D eigenvalue weighted by Crippen LogP contribution is -2.03. The first-order valence-electron chi connectivity index (χ1n) is 7.69. The van der Waals surface area contributed by atoms with Gasteiger partial charge in [-0.3, -0.25) is 4.79 Å². The normalized spacial score (nSPS) is 10.8. The predicted octanol–water partition coefficient (Wildman–Crippen LogP) is 4.38. The van der Waals surface area contributed by atoms with Crippen LogP contribution >= 0.6 is 0 Å². The van der Waals surface area contributed by atoms with Gasteiger partial charge in [0, 0.05) is 18.8 Å². The van der Waals surface area contributed by atoms with Gasteiger partial charge in [0.1, 0.15) is 17.3 Å². The number of carbonyl (C=O) groups is 1. The maximum Gasteiger partial charge on any atom is 0.132 e. The summed E-state index contributed by atoms with van der Waals surface area (Å²) in [5.41, 5.74) is 2.21. The molecule has 0 saturated carbocycles. The average Bonchev–Trinajstić information content (AvgIpc) is 2.53. The number of carbonyl (C=O) groups excluding carboxylic acids is 1. The van der Waals surface area contributed by atoms with Crippen LogP contribution in [-0.4, -0.2) is 16.0 Å². The molecule has 0 fully saturated rings. The van der Waals surface area contributed by atoms with Gasteiger partial charge in [0.15, 0.2) is 0 Å². The van der Waals surface area contributed by atoms with E-state index in [1.165, 1.54) is 0 Å². The molecule has 2 rings (SSSR count). The summed E-state index contributed by atoms with van der Waals surface area (Å²) in [7, 11) is 0. The van der Waals surface area contributed by atoms with E-state index in [2.05, 4.69) is 0 Å². The quantitative estimate of drug-likeness (QED) is 0.797. The van der Waals surface area contributed by atoms with Crippen LogP contribution in [0.5, 0.6) is 11.5 Å². The van der Waals surface area contributed by atoms with Crippen molar-refractivity contribution >= 4 is 5.78 Å². The molecule has 3 nitrogen and oxygen atoms in total. The Labute approximate surface area is 131 Å². The molecule has 2 aromatic carbocycles. The molecular weight excluding hydrogens is 276 g/mol. The average molecular weight is 298 g/mol. The van der Waals surface area contributed by atoms with E-state index in [-0.39, 0.29) is 23.2 Å². The second-order valence-electron chi connectivity index (χ2n) is 5.52. The Morgan fingerprint density at radius 2 is 1.36 bits per heavy atom. The van der Waals surface area contributed by atoms with E-state index in [0.29, 0.717) is 12.8 Å². The minimum Gasteiger partial charge on any atom is -0.508 e. The highest BCUT2D eigenvalue weighted by Gasteiger charge is 2.15. The van der Waals surface area contributed by atoms with E-state index in [0.717, 1.165) is 24.0 Å². The van der Waals surface area contributed by atoms with Crippen LogP contribution in [0, 0.1) is 0 Å². The fourth-order valence-electron chi connectivity index (χ4n) is 2.62. The highest BCUT2D eigenvalue weighted by Crippen LogP contribution is 2.31. The molecular formula is C19H22O3. The van der Waals surface area contributed by atoms with Crippen LogP contribution in [0.4, 0.5) is 0 Å². The molecule has 0 heterocycles. The highest BCUT2D eigenvalue weighted by atomic mass is 16.3. The number of Topliss-reactive ketones (excluding diaryl/α,β-unsaturated/α-hetero) is 1. The molecule has 0 aliphatic rings. The van der Waals surface area contributed by atoms with Gasteiger partial charge < -0.3 is 10.2 Å². The van der Waals surface area contributed by atoms with Crippen LogP contribution in [-0.2, 0) is 4.79 Å². The van der Waals surface area contributed by atoms with Crippen LogP contribution < -0.4 is 0 Å². The lowest BCUT2D eigenvalue weighted by molar-refractivity contribution is -0.118. The third-order valence-electron chi connectivity index (χ3n) is 3.93. The van der Waals surface area contributed by atoms with Gasteiger partial charge in [0.05, 0.1) is 0 Å². The van der Waals surface area contributed by atoms with Crippen molar-refractivity contribution < 1.29 is 15.0 Å². The second kappa shape index (κ2) is 7.64. The summed E-state index contributed by atoms with van der Waals surface area (Å²) in [4.78, 5) is 11.5. The lowest BCUT2D eigenvalue weighted by Gasteiger charge is -2.18. The summed E-state index contributed by atoms with van der Waals surface area (Å²) in [5.74, 6) is 0.935. The zero-order chi connectivity index (χ0) is 15.9. The molecule has 0 atom stereocenters. The van der Waals surface area contributed by atoms with Crippen LogP contribution in [0.1, 0.15) is 49.7 Å². The zero-order valence-electron chi connectivity index (χ0n) is 12.8. The van der Waals surface area contributed by atoms with Crippen molar-refractivity contribution in [3.63, 3.8) is 0 Å². The van der Waals surface area contributed by atoms with Gasteiger partial charge >= 0.3 is 0 Å². The molecule has 0 spiro atoms. The molecule has 116 valence electrons. The number of hydrogen-bond acceptors (Lipinski definition) is 3. The van der Waals surface area contributed by atoms with E-state index in [4.69, 9.17) is 0 Å². The van der Waals surface area contributed by atoms with Crippen molar-refractivity contribution in [2.45, 2.75) is 38.5 Å². The van der Waals surface area contributed by atoms with Crippen LogP contribution in [0.2, 0.25) is 0 Å². The number of ketones is 1. The van der Waals surface area contributed by atoms with Gasteiger partial charge in [-0.15, -0.1) is 0 Å². The van der Waals surface area contributed by atoms with Crippen molar-refractivity contribution in [1.29, 1.82) is 0 Å². The minimum absolute atomic E-state index is 0.158. The van der Waals surface area contributed by atoms with Crippen molar-refractivity contribution in [3.05, 3.63) is 59.7 Å². The first kappa shape index (κ1) is 16.1. The Bertz CT molecular complexity index is 554. The Morgan fingerprint density at radius 1 is 0.909 bits per heavy atom. The molecule has 0 amide bonds. The molecule has 3 heteroatoms. The van der Waals surface area contributed by atoms with Crippen molar-refractivity contribution in [2.75, 3.05) is 0 Å². The van der Waals surface area contributed by atoms with Crippen LogP contribution in [0.3, 0.4) is 0 Å². The largest absolute Gasteiger partial charge is 0.508 e. The van der Waals surface area contributed by atoms with Gasteiger partial charge in [-0.2, -0.15) is 0 Å². The Balaban J connectivity index is 2.18. The van der Waals surface area contributed by atoms with Gasteiger partial charge in [0.25, 0.3) is 0 Å². The summed E-state index contributed by atoms with van der Waals surface area (Å²) < 4.78 is 0. The molecule has 0 saturated heterocycles. The van der Waals surface area contributed by atoms with Gasteiger partial charge in [-0.1, -0.05) is 31.2 Å². The molecule has 0 bridgehead atoms. The van der Waals surface area contributed by atoms with Crippen LogP contribution in [0.25, 0.3) is 0 Å². The first-order chi connectivity index (χ1) is 10.6. The summed E-state index contributed by atoms with van der Waals surface area (Å²) in [5, 5.41) is 18.9. The van der Waals surface area contributed by atoms with Gasteiger partial charge in [-0.05, 0) is 48.2 Å². The maximum atomic E-state index is 11.5. The van der Waals surface area contributed by atoms with E-state index >= 15 is 0 Å². The Hall–Kier alpha value is -2.29. The molecule has 0 unspecified atom stereocenters. The molecule has 0 radical (unpaired) electrons. The minimum atomic E-state index is 0.158. The molecule has 2 N–H and O–H groups in total. The number of hydrogen-bond donors (Lipinski definition) is 2. The first-order valence-corrected chi connectivity index (χ1v) is 7.69. The molecule has 0 aromatic heterocycles. The summed E-state index contributed by atoms with van der Waals surface area (Å²) in [6.07, 6.45) is 2.88. The summed E-state index contributed by atoms with van der Waals surface area (Å²) in [6.45, 7) is 1.89. The van der Waals surface area contributed by atoms with E-state index in [1.54, 1.807) is 24.3 Å². The van der Waals surface area contributed by atoms with E-state index in [9.17, 15) is 15.0 Å². The predicted molar refractivity (Wildman–Crippen MR) is 87.2 cm³/mol. The Kier molecular flexibility index (Phi) is 5.59. The SMILES string of the molecule is CCC(=O)CCCC(c1ccc(O)cc1)c1ccc(O)cc1. The molecule has 22 heavy (non-hydrogen) atoms. The smallest absolute Gasteiger partial charge is 0.132 e. The number of rotatable bonds is 7. The molecule has 0 aliphatic heterocycles. The highest BCUT2D eigenvalue weighted by molar-refractivity contribution is 5.77. The summed E-state index contributed by atoms with van der Waals surface area (Å²) >= 11 is 0. The second-order valence-corrected chi connectivity index (χ2v) is 5.52. The topological polar surface area (TPSA) is 57.5 Å². The van der Waals surface area contributed by atoms with Crippen LogP contribution in [0.15, 0.2) is 48.5 Å². The number of benzene rings is 2. The molecule has 2 aromatic rings. The fourth-order valence-corrected chi connectivity index (χ4v) is 2.62. The monoisotopic (exact) mass is 298 g/mol. The number of phenols is 2. The standard InChI is InChI=1S/C19H22O3/c1-2-16(20)4-3-5-19(14-6-10-17(21)11-7-14)15-8-12-18(22)13-9-15/h6-13,19,21-22H,2-5H2,1H3. The van der Waals surface area contributed by atoms with Gasteiger partial charge in [0.2, 0.25) is 0 Å². The Morgan fingerprint density at radius 3 is 1.77 bits per heavy atom.